The molecule has 5 aromatic rings. The number of nitrogens with zero attached hydrogens (tertiary/aromatic N) is 5. The summed E-state index contributed by atoms with van der Waals surface area (Å²) in [5, 5.41) is 21.7. The van der Waals surface area contributed by atoms with Gasteiger partial charge in [0.15, 0.2) is 5.60 Å². The van der Waals surface area contributed by atoms with Crippen molar-refractivity contribution >= 4 is 42.5 Å². The summed E-state index contributed by atoms with van der Waals surface area (Å²) in [4.78, 5) is 29.6. The number of aliphatic hydroxyl groups excluding tert-OH is 1. The number of carbonyl (C=O) groups is 1. The number of para-hydroxylation sites is 1. The van der Waals surface area contributed by atoms with Crippen LogP contribution in [0.4, 0.5) is 9.80 Å². The van der Waals surface area contributed by atoms with Crippen molar-refractivity contribution in [2.24, 2.45) is 5.92 Å². The zero-order chi connectivity index (χ0) is 33.1. The number of ether oxygens (including phenoxy) is 1. The third-order valence-corrected chi connectivity index (χ3v) is 12.3. The molecule has 0 unspecified atom stereocenters. The SMILES string of the molecule is C[C@@H]1[C@@H]([Si](C)(C)F)[C@H](CCn2cc(CCO)nn2)O[C@@]12C(=O)N(Cc1cccc(-n3[nH]c4ccccc4c3=O)c1)c1ccc(Cl)cc12. The van der Waals surface area contributed by atoms with Gasteiger partial charge in [0.1, 0.15) is 0 Å². The molecule has 0 aliphatic carbocycles. The average Bonchev–Trinajstić information content (AvgIpc) is 3.77. The fraction of sp³-hybridized carbons (Fsp3) is 0.353. The molecule has 244 valence electrons. The van der Waals surface area contributed by atoms with Crippen molar-refractivity contribution < 1.29 is 18.7 Å². The number of anilines is 1. The summed E-state index contributed by atoms with van der Waals surface area (Å²) >= 11 is 6.53. The average molecular weight is 675 g/mol. The summed E-state index contributed by atoms with van der Waals surface area (Å²) in [6.07, 6.45) is 2.06. The van der Waals surface area contributed by atoms with Crippen LogP contribution < -0.4 is 10.5 Å². The van der Waals surface area contributed by atoms with Gasteiger partial charge < -0.3 is 18.9 Å². The lowest BCUT2D eigenvalue weighted by molar-refractivity contribution is -0.146. The summed E-state index contributed by atoms with van der Waals surface area (Å²) < 4.78 is 26.2. The van der Waals surface area contributed by atoms with E-state index in [1.54, 1.807) is 47.1 Å². The largest absolute Gasteiger partial charge is 0.396 e. The molecule has 4 heterocycles. The van der Waals surface area contributed by atoms with E-state index in [-0.39, 0.29) is 24.6 Å². The van der Waals surface area contributed by atoms with Crippen molar-refractivity contribution in [1.82, 2.24) is 24.8 Å². The summed E-state index contributed by atoms with van der Waals surface area (Å²) in [5.41, 5.74) is 2.12. The number of nitrogens with one attached hydrogen (secondary N) is 1. The summed E-state index contributed by atoms with van der Waals surface area (Å²) in [6.45, 7) is 5.88. The molecule has 4 atom stereocenters. The first-order chi connectivity index (χ1) is 22.5. The topological polar surface area (TPSA) is 118 Å². The Labute approximate surface area is 276 Å². The predicted octanol–water partition coefficient (Wildman–Crippen LogP) is 5.51. The van der Waals surface area contributed by atoms with Gasteiger partial charge in [0.2, 0.25) is 8.41 Å². The summed E-state index contributed by atoms with van der Waals surface area (Å²) in [5.74, 6) is -0.724. The van der Waals surface area contributed by atoms with E-state index in [4.69, 9.17) is 16.3 Å². The molecular formula is C34H36ClFN6O4Si. The minimum atomic E-state index is -3.36. The van der Waals surface area contributed by atoms with Crippen LogP contribution in [0.1, 0.15) is 30.2 Å². The van der Waals surface area contributed by atoms with Gasteiger partial charge in [-0.25, -0.2) is 4.68 Å². The highest BCUT2D eigenvalue weighted by Crippen LogP contribution is 2.60. The Morgan fingerprint density at radius 2 is 1.91 bits per heavy atom. The zero-order valence-electron chi connectivity index (χ0n) is 26.4. The molecule has 3 aromatic carbocycles. The lowest BCUT2D eigenvalue weighted by atomic mass is 9.82. The first kappa shape index (κ1) is 31.5. The highest BCUT2D eigenvalue weighted by atomic mass is 35.5. The Hall–Kier alpha value is -4.10. The van der Waals surface area contributed by atoms with Gasteiger partial charge in [-0.2, -0.15) is 0 Å². The molecule has 0 radical (unpaired) electrons. The van der Waals surface area contributed by atoms with E-state index in [0.717, 1.165) is 11.1 Å². The minimum absolute atomic E-state index is 0.0272. The van der Waals surface area contributed by atoms with Crippen LogP contribution in [0.5, 0.6) is 0 Å². The molecule has 1 fully saturated rings. The highest BCUT2D eigenvalue weighted by molar-refractivity contribution is 6.72. The number of amides is 1. The van der Waals surface area contributed by atoms with Gasteiger partial charge in [0, 0.05) is 47.8 Å². The van der Waals surface area contributed by atoms with Crippen molar-refractivity contribution in [2.75, 3.05) is 11.5 Å². The quantitative estimate of drug-likeness (QED) is 0.157. The lowest BCUT2D eigenvalue weighted by Crippen LogP contribution is -2.45. The number of hydrogen-bond acceptors (Lipinski definition) is 6. The van der Waals surface area contributed by atoms with Gasteiger partial charge in [0.25, 0.3) is 11.5 Å². The molecule has 2 aromatic heterocycles. The van der Waals surface area contributed by atoms with Crippen LogP contribution in [0, 0.1) is 5.92 Å². The van der Waals surface area contributed by atoms with Crippen molar-refractivity contribution in [3.63, 3.8) is 0 Å². The Balaban J connectivity index is 1.22. The van der Waals surface area contributed by atoms with Gasteiger partial charge in [-0.05, 0) is 67.5 Å². The molecule has 2 aliphatic rings. The molecule has 10 nitrogen and oxygen atoms in total. The van der Waals surface area contributed by atoms with Gasteiger partial charge in [-0.3, -0.25) is 19.4 Å². The number of fused-ring (bicyclic) bond motifs is 3. The van der Waals surface area contributed by atoms with Crippen LogP contribution >= 0.6 is 11.6 Å². The molecule has 13 heteroatoms. The minimum Gasteiger partial charge on any atom is -0.396 e. The normalized spacial score (nSPS) is 22.6. The van der Waals surface area contributed by atoms with Gasteiger partial charge >= 0.3 is 0 Å². The van der Waals surface area contributed by atoms with Gasteiger partial charge in [-0.1, -0.05) is 48.0 Å². The monoisotopic (exact) mass is 674 g/mol. The molecule has 2 aliphatic heterocycles. The van der Waals surface area contributed by atoms with Gasteiger partial charge in [0.05, 0.1) is 40.6 Å². The maximum Gasteiger partial charge on any atom is 0.279 e. The highest BCUT2D eigenvalue weighted by Gasteiger charge is 2.66. The van der Waals surface area contributed by atoms with Crippen LogP contribution in [-0.4, -0.2) is 56.9 Å². The van der Waals surface area contributed by atoms with Crippen molar-refractivity contribution in [2.45, 2.75) is 63.2 Å². The number of H-pyrrole nitrogens is 1. The van der Waals surface area contributed by atoms with Crippen LogP contribution in [-0.2, 0) is 34.6 Å². The van der Waals surface area contributed by atoms with E-state index >= 15 is 4.11 Å². The molecular weight excluding hydrogens is 639 g/mol. The number of rotatable bonds is 9. The van der Waals surface area contributed by atoms with E-state index < -0.39 is 31.6 Å². The first-order valence-corrected chi connectivity index (χ1v) is 19.1. The second-order valence-electron chi connectivity index (χ2n) is 13.0. The summed E-state index contributed by atoms with van der Waals surface area (Å²) in [6, 6.07) is 20.2. The fourth-order valence-electron chi connectivity index (χ4n) is 7.60. The van der Waals surface area contributed by atoms with E-state index in [1.165, 1.54) is 4.68 Å². The number of aryl methyl sites for hydroxylation is 1. The van der Waals surface area contributed by atoms with E-state index in [2.05, 4.69) is 15.4 Å². The molecule has 0 bridgehead atoms. The molecule has 47 heavy (non-hydrogen) atoms. The third-order valence-electron chi connectivity index (χ3n) is 9.62. The number of benzene rings is 3. The Kier molecular flexibility index (Phi) is 7.94. The van der Waals surface area contributed by atoms with Crippen LogP contribution in [0.3, 0.4) is 0 Å². The smallest absolute Gasteiger partial charge is 0.279 e. The molecule has 0 saturated carbocycles. The van der Waals surface area contributed by atoms with E-state index in [9.17, 15) is 14.7 Å². The Morgan fingerprint density at radius 1 is 1.11 bits per heavy atom. The number of halogens is 2. The molecule has 1 saturated heterocycles. The lowest BCUT2D eigenvalue weighted by Gasteiger charge is -2.31. The molecule has 1 amide bonds. The second kappa shape index (κ2) is 11.9. The van der Waals surface area contributed by atoms with Crippen LogP contribution in [0.15, 0.2) is 77.7 Å². The predicted molar refractivity (Wildman–Crippen MR) is 180 cm³/mol. The molecule has 1 spiro atoms. The van der Waals surface area contributed by atoms with E-state index in [1.807, 2.05) is 55.5 Å². The number of carbonyl (C=O) groups excluding carboxylic acids is 1. The zero-order valence-corrected chi connectivity index (χ0v) is 28.1. The standard InChI is InChI=1S/C34H36ClFN6O4Si/c1-21-31(47(2,3)36)30(13-15-40-20-24(14-16-43)37-39-40)46-34(21)27-18-23(35)11-12-29(27)41(33(34)45)19-22-7-6-8-25(17-22)42-32(44)26-9-4-5-10-28(26)38-42/h4-12,17-18,20-21,30-31,38,43H,13-16,19H2,1-3H3/t21-,30+,31-,34+/m1/s1. The molecule has 2 N–H and O–H groups in total. The number of aromatic nitrogens is 5. The van der Waals surface area contributed by atoms with Crippen molar-refractivity contribution in [1.29, 1.82) is 0 Å². The number of aromatic amines is 1. The van der Waals surface area contributed by atoms with Crippen molar-refractivity contribution in [3.8, 4) is 5.69 Å². The molecule has 7 rings (SSSR count). The summed E-state index contributed by atoms with van der Waals surface area (Å²) in [7, 11) is -3.36. The third kappa shape index (κ3) is 5.33. The maximum absolute atomic E-state index is 16.2. The number of aliphatic hydroxyl groups is 1. The number of hydrogen-bond donors (Lipinski definition) is 2. The second-order valence-corrected chi connectivity index (χ2v) is 17.3. The van der Waals surface area contributed by atoms with E-state index in [0.29, 0.717) is 52.4 Å². The fourth-order valence-corrected chi connectivity index (χ4v) is 10.3. The van der Waals surface area contributed by atoms with Crippen LogP contribution in [0.25, 0.3) is 16.6 Å². The van der Waals surface area contributed by atoms with Crippen LogP contribution in [0.2, 0.25) is 23.7 Å². The van der Waals surface area contributed by atoms with Crippen molar-refractivity contribution in [3.05, 3.63) is 105 Å². The van der Waals surface area contributed by atoms with Gasteiger partial charge in [-0.15, -0.1) is 5.10 Å². The maximum atomic E-state index is 16.2. The Morgan fingerprint density at radius 3 is 2.68 bits per heavy atom. The Bertz CT molecular complexity index is 2040. The first-order valence-electron chi connectivity index (χ1n) is 15.8.